The minimum Gasteiger partial charge on any atom is -0.376 e. The number of hydrogen-bond donors (Lipinski definition) is 4. The third kappa shape index (κ3) is 3.79. The van der Waals surface area contributed by atoms with Crippen LogP contribution in [0.2, 0.25) is 0 Å². The molecule has 192 valence electrons. The number of Topliss-reactive ketones (excluding diaryl/α,β-unsaturated/α-hetero) is 1. The van der Waals surface area contributed by atoms with Crippen LogP contribution in [0.5, 0.6) is 0 Å². The quantitative estimate of drug-likeness (QED) is 0.199. The van der Waals surface area contributed by atoms with Crippen molar-refractivity contribution in [2.45, 2.75) is 56.3 Å². The molecule has 0 spiro atoms. The molecule has 8 nitrogen and oxygen atoms in total. The lowest BCUT2D eigenvalue weighted by atomic mass is 9.71. The summed E-state index contributed by atoms with van der Waals surface area (Å²) in [5.41, 5.74) is -0.769. The van der Waals surface area contributed by atoms with Crippen molar-refractivity contribution in [3.63, 3.8) is 0 Å². The number of likely N-dealkylation sites (N-methyl/N-ethyl adjacent to an activating group) is 1. The normalized spacial score (nSPS) is 23.2. The van der Waals surface area contributed by atoms with Crippen LogP contribution in [0.25, 0.3) is 0 Å². The van der Waals surface area contributed by atoms with Crippen LogP contribution in [0.15, 0.2) is 18.2 Å². The lowest BCUT2D eigenvalue weighted by Gasteiger charge is -2.49. The number of aliphatic hydroxyl groups is 1. The third-order valence-electron chi connectivity index (χ3n) is 7.37. The van der Waals surface area contributed by atoms with Crippen molar-refractivity contribution in [3.05, 3.63) is 52.3 Å². The van der Waals surface area contributed by atoms with E-state index in [1.54, 1.807) is 4.57 Å². The number of ketones is 1. The smallest absolute Gasteiger partial charge is 0.294 e. The largest absolute Gasteiger partial charge is 0.376 e. The topological polar surface area (TPSA) is 112 Å². The predicted octanol–water partition coefficient (Wildman–Crippen LogP) is 2.45. The highest BCUT2D eigenvalue weighted by atomic mass is 19.3. The second-order valence-electron chi connectivity index (χ2n) is 9.87. The Morgan fingerprint density at radius 3 is 2.47 bits per heavy atom. The van der Waals surface area contributed by atoms with E-state index < -0.39 is 59.8 Å². The minimum atomic E-state index is -3.09. The Bertz CT molecular complexity index is 1300. The zero-order valence-corrected chi connectivity index (χ0v) is 19.4. The van der Waals surface area contributed by atoms with E-state index in [4.69, 9.17) is 0 Å². The summed E-state index contributed by atoms with van der Waals surface area (Å²) < 4.78 is 55.8. The molecule has 1 unspecified atom stereocenters. The van der Waals surface area contributed by atoms with E-state index in [0.29, 0.717) is 12.2 Å². The van der Waals surface area contributed by atoms with Crippen LogP contribution in [0.3, 0.4) is 0 Å². The van der Waals surface area contributed by atoms with Crippen molar-refractivity contribution in [3.8, 4) is 0 Å². The van der Waals surface area contributed by atoms with Gasteiger partial charge in [-0.15, -0.1) is 0 Å². The van der Waals surface area contributed by atoms with Gasteiger partial charge in [0.2, 0.25) is 0 Å². The molecule has 0 radical (unpaired) electrons. The molecule has 3 aliphatic rings. The molecular formula is C24H24F4N4O4. The van der Waals surface area contributed by atoms with Crippen LogP contribution >= 0.6 is 0 Å². The van der Waals surface area contributed by atoms with Gasteiger partial charge in [-0.3, -0.25) is 19.7 Å². The van der Waals surface area contributed by atoms with E-state index in [1.165, 1.54) is 20.0 Å². The number of carbonyl (C=O) groups is 3. The highest BCUT2D eigenvalue weighted by molar-refractivity contribution is 6.43. The number of benzene rings is 1. The molecule has 2 aliphatic carbocycles. The van der Waals surface area contributed by atoms with Crippen LogP contribution < -0.4 is 16.0 Å². The van der Waals surface area contributed by atoms with Crippen LogP contribution in [0.4, 0.5) is 23.2 Å². The van der Waals surface area contributed by atoms with Gasteiger partial charge in [0, 0.05) is 42.8 Å². The van der Waals surface area contributed by atoms with Crippen molar-refractivity contribution in [1.82, 2.24) is 15.2 Å². The highest BCUT2D eigenvalue weighted by Gasteiger charge is 2.61. The van der Waals surface area contributed by atoms with E-state index in [-0.39, 0.29) is 34.3 Å². The van der Waals surface area contributed by atoms with E-state index in [2.05, 4.69) is 16.0 Å². The number of carbonyl (C=O) groups excluding carboxylic acids is 3. The number of amides is 2. The fourth-order valence-corrected chi connectivity index (χ4v) is 5.60. The van der Waals surface area contributed by atoms with Gasteiger partial charge in [-0.05, 0) is 44.0 Å². The van der Waals surface area contributed by atoms with Crippen molar-refractivity contribution < 1.29 is 37.1 Å². The zero-order chi connectivity index (χ0) is 26.2. The number of alkyl halides is 2. The molecule has 1 aromatic heterocycles. The molecule has 2 amide bonds. The Morgan fingerprint density at radius 1 is 1.17 bits per heavy atom. The van der Waals surface area contributed by atoms with Gasteiger partial charge in [-0.1, -0.05) is 0 Å². The van der Waals surface area contributed by atoms with E-state index in [0.717, 1.165) is 18.6 Å². The van der Waals surface area contributed by atoms with Crippen molar-refractivity contribution in [1.29, 1.82) is 0 Å². The van der Waals surface area contributed by atoms with E-state index >= 15 is 0 Å². The number of fused-ring (bicyclic) bond motifs is 3. The lowest BCUT2D eigenvalue weighted by molar-refractivity contribution is -0.176. The second kappa shape index (κ2) is 8.13. The lowest BCUT2D eigenvalue weighted by Crippen LogP contribution is -2.71. The summed E-state index contributed by atoms with van der Waals surface area (Å²) in [6, 6.07) is 2.90. The van der Waals surface area contributed by atoms with Crippen LogP contribution in [-0.4, -0.2) is 52.0 Å². The fourth-order valence-electron chi connectivity index (χ4n) is 5.60. The zero-order valence-electron chi connectivity index (χ0n) is 19.4. The standard InChI is InChI=1S/C24H24F4N4O4/c1-10-16(20(34)30-12-3-4-14(25)15(26)6-12)18-13-5-11(13)7-32(18)17(10)19(33)21(35)31-23(22(36)29-2)8-24(27,28)9-23/h3-4,6,11,13,22,29,36H,5,7-9H2,1-2H3,(H,30,34)(H,31,35)/t11-,13-,22?/m0/s1. The molecule has 3 atom stereocenters. The van der Waals surface area contributed by atoms with Crippen molar-refractivity contribution >= 4 is 23.3 Å². The number of anilines is 1. The first-order chi connectivity index (χ1) is 16.9. The Balaban J connectivity index is 1.44. The molecule has 2 saturated carbocycles. The monoisotopic (exact) mass is 508 g/mol. The van der Waals surface area contributed by atoms with E-state index in [9.17, 15) is 37.1 Å². The first-order valence-electron chi connectivity index (χ1n) is 11.5. The number of nitrogens with one attached hydrogen (secondary N) is 3. The average Bonchev–Trinajstić information content (AvgIpc) is 3.37. The van der Waals surface area contributed by atoms with Gasteiger partial charge in [0.15, 0.2) is 11.6 Å². The number of rotatable bonds is 7. The van der Waals surface area contributed by atoms with Crippen molar-refractivity contribution in [2.24, 2.45) is 5.92 Å². The summed E-state index contributed by atoms with van der Waals surface area (Å²) in [6.07, 6.45) is -2.36. The van der Waals surface area contributed by atoms with E-state index in [1.807, 2.05) is 0 Å². The summed E-state index contributed by atoms with van der Waals surface area (Å²) in [5.74, 6) is -7.91. The summed E-state index contributed by atoms with van der Waals surface area (Å²) in [4.78, 5) is 39.4. The average molecular weight is 508 g/mol. The maximum absolute atomic E-state index is 13.6. The van der Waals surface area contributed by atoms with Gasteiger partial charge in [-0.2, -0.15) is 0 Å². The van der Waals surface area contributed by atoms with Gasteiger partial charge in [-0.25, -0.2) is 17.6 Å². The molecule has 2 heterocycles. The molecule has 36 heavy (non-hydrogen) atoms. The molecule has 12 heteroatoms. The maximum atomic E-state index is 13.6. The Kier molecular flexibility index (Phi) is 5.52. The summed E-state index contributed by atoms with van der Waals surface area (Å²) in [5, 5.41) is 17.4. The molecule has 1 aromatic carbocycles. The van der Waals surface area contributed by atoms with Gasteiger partial charge in [0.1, 0.15) is 6.23 Å². The number of hydrogen-bond acceptors (Lipinski definition) is 5. The number of nitrogens with zero attached hydrogens (tertiary/aromatic N) is 1. The van der Waals surface area contributed by atoms with Gasteiger partial charge < -0.3 is 20.3 Å². The molecule has 1 aliphatic heterocycles. The third-order valence-corrected chi connectivity index (χ3v) is 7.37. The molecule has 0 bridgehead atoms. The number of aliphatic hydroxyl groups excluding tert-OH is 1. The molecule has 2 fully saturated rings. The molecular weight excluding hydrogens is 484 g/mol. The molecule has 4 N–H and O–H groups in total. The Labute approximate surface area is 203 Å². The van der Waals surface area contributed by atoms with Gasteiger partial charge in [0.05, 0.1) is 16.8 Å². The first-order valence-corrected chi connectivity index (χ1v) is 11.5. The second-order valence-corrected chi connectivity index (χ2v) is 9.87. The Hall–Kier alpha value is -3.25. The summed E-state index contributed by atoms with van der Waals surface area (Å²) in [6.45, 7) is 1.91. The molecule has 2 aromatic rings. The highest BCUT2D eigenvalue weighted by Crippen LogP contribution is 2.56. The van der Waals surface area contributed by atoms with Crippen LogP contribution in [0, 0.1) is 24.5 Å². The van der Waals surface area contributed by atoms with Gasteiger partial charge >= 0.3 is 0 Å². The summed E-state index contributed by atoms with van der Waals surface area (Å²) in [7, 11) is 1.34. The number of aromatic nitrogens is 1. The van der Waals surface area contributed by atoms with Crippen LogP contribution in [-0.2, 0) is 11.3 Å². The number of halogens is 4. The first kappa shape index (κ1) is 24.4. The summed E-state index contributed by atoms with van der Waals surface area (Å²) >= 11 is 0. The van der Waals surface area contributed by atoms with Crippen LogP contribution in [0.1, 0.15) is 57.3 Å². The predicted molar refractivity (Wildman–Crippen MR) is 119 cm³/mol. The molecule has 0 saturated heterocycles. The minimum absolute atomic E-state index is 0.0156. The SMILES string of the molecule is CNC(O)C1(NC(=O)C(=O)c2c(C)c(C(=O)Nc3ccc(F)c(F)c3)c3n2C[C@@H]2C[C@H]32)CC(F)(F)C1. The van der Waals surface area contributed by atoms with Crippen molar-refractivity contribution in [2.75, 3.05) is 12.4 Å². The fraction of sp³-hybridized carbons (Fsp3) is 0.458. The Morgan fingerprint density at radius 2 is 1.86 bits per heavy atom. The molecule has 5 rings (SSSR count). The van der Waals surface area contributed by atoms with Gasteiger partial charge in [0.25, 0.3) is 23.5 Å². The maximum Gasteiger partial charge on any atom is 0.294 e.